The first-order valence-corrected chi connectivity index (χ1v) is 4.79. The van der Waals surface area contributed by atoms with E-state index in [0.717, 1.165) is 12.7 Å². The van der Waals surface area contributed by atoms with Crippen LogP contribution in [0.15, 0.2) is 0 Å². The van der Waals surface area contributed by atoms with E-state index in [1.165, 1.54) is 19.3 Å². The van der Waals surface area contributed by atoms with E-state index in [1.54, 1.807) is 0 Å². The third-order valence-electron chi connectivity index (χ3n) is 3.41. The van der Waals surface area contributed by atoms with Crippen LogP contribution in [0.5, 0.6) is 0 Å². The fraction of sp³-hybridized carbons (Fsp3) is 0.800. The quantitative estimate of drug-likeness (QED) is 0.438. The molecule has 3 atom stereocenters. The van der Waals surface area contributed by atoms with Crippen molar-refractivity contribution in [2.75, 3.05) is 0 Å². The molecule has 2 fully saturated rings. The van der Waals surface area contributed by atoms with Gasteiger partial charge in [0.2, 0.25) is 0 Å². The Balaban J connectivity index is 2.08. The molecule has 2 aliphatic carbocycles. The van der Waals surface area contributed by atoms with Crippen molar-refractivity contribution in [3.63, 3.8) is 0 Å². The smallest absolute Gasteiger partial charge is 0.143 e. The lowest BCUT2D eigenvalue weighted by Crippen LogP contribution is -2.30. The maximum absolute atomic E-state index is 11.3. The van der Waals surface area contributed by atoms with Crippen molar-refractivity contribution in [3.8, 4) is 0 Å². The molecule has 0 radical (unpaired) electrons. The molecule has 0 heterocycles. The number of carbonyl (C=O) groups excluding carboxylic acids is 2. The van der Waals surface area contributed by atoms with Crippen LogP contribution in [0.3, 0.4) is 0 Å². The lowest BCUT2D eigenvalue weighted by atomic mass is 9.76. The fourth-order valence-electron chi connectivity index (χ4n) is 2.69. The minimum absolute atomic E-state index is 0.188. The Bertz CT molecular complexity index is 210. The second-order valence-electron chi connectivity index (χ2n) is 4.10. The molecule has 0 aromatic rings. The molecule has 2 rings (SSSR count). The van der Waals surface area contributed by atoms with Crippen LogP contribution in [0, 0.1) is 17.8 Å². The molecule has 0 bridgehead atoms. The highest BCUT2D eigenvalue weighted by Gasteiger charge is 2.38. The third-order valence-corrected chi connectivity index (χ3v) is 3.41. The molecule has 0 spiro atoms. The number of ketones is 1. The van der Waals surface area contributed by atoms with Gasteiger partial charge in [-0.05, 0) is 24.7 Å². The first kappa shape index (κ1) is 7.96. The minimum Gasteiger partial charge on any atom is -0.303 e. The Morgan fingerprint density at radius 2 is 2.00 bits per heavy atom. The summed E-state index contributed by atoms with van der Waals surface area (Å²) in [4.78, 5) is 21.9. The third kappa shape index (κ3) is 1.19. The van der Waals surface area contributed by atoms with Gasteiger partial charge in [0, 0.05) is 6.42 Å². The topological polar surface area (TPSA) is 34.1 Å². The van der Waals surface area contributed by atoms with E-state index < -0.39 is 0 Å². The Morgan fingerprint density at radius 1 is 1.25 bits per heavy atom. The summed E-state index contributed by atoms with van der Waals surface area (Å²) in [6.45, 7) is 0. The highest BCUT2D eigenvalue weighted by atomic mass is 16.1. The molecule has 2 heteroatoms. The molecular formula is C10H14O2. The van der Waals surface area contributed by atoms with E-state index >= 15 is 0 Å². The van der Waals surface area contributed by atoms with Crippen LogP contribution in [0.2, 0.25) is 0 Å². The van der Waals surface area contributed by atoms with Crippen molar-refractivity contribution < 1.29 is 9.59 Å². The van der Waals surface area contributed by atoms with Gasteiger partial charge in [-0.2, -0.15) is 0 Å². The first-order chi connectivity index (χ1) is 5.81. The molecule has 0 aromatic carbocycles. The molecular weight excluding hydrogens is 152 g/mol. The van der Waals surface area contributed by atoms with E-state index in [0.29, 0.717) is 18.3 Å². The first-order valence-electron chi connectivity index (χ1n) is 4.79. The van der Waals surface area contributed by atoms with Gasteiger partial charge in [0.1, 0.15) is 12.1 Å². The van der Waals surface area contributed by atoms with Gasteiger partial charge in [-0.3, -0.25) is 4.79 Å². The Kier molecular flexibility index (Phi) is 1.99. The second-order valence-corrected chi connectivity index (χ2v) is 4.10. The van der Waals surface area contributed by atoms with Gasteiger partial charge < -0.3 is 4.79 Å². The minimum atomic E-state index is -0.260. The van der Waals surface area contributed by atoms with Crippen LogP contribution >= 0.6 is 0 Å². The number of rotatable bonds is 1. The normalized spacial score (nSPS) is 41.0. The van der Waals surface area contributed by atoms with Crippen LogP contribution in [-0.4, -0.2) is 12.1 Å². The summed E-state index contributed by atoms with van der Waals surface area (Å²) in [7, 11) is 0. The molecule has 0 saturated heterocycles. The van der Waals surface area contributed by atoms with Crippen LogP contribution in [0.4, 0.5) is 0 Å². The van der Waals surface area contributed by atoms with Gasteiger partial charge in [0.15, 0.2) is 0 Å². The number of aldehydes is 1. The zero-order chi connectivity index (χ0) is 8.55. The van der Waals surface area contributed by atoms with Crippen molar-refractivity contribution in [3.05, 3.63) is 0 Å². The predicted molar refractivity (Wildman–Crippen MR) is 44.6 cm³/mol. The van der Waals surface area contributed by atoms with Gasteiger partial charge in [0.05, 0.1) is 5.92 Å². The fourth-order valence-corrected chi connectivity index (χ4v) is 2.69. The lowest BCUT2D eigenvalue weighted by Gasteiger charge is -2.27. The molecule has 0 amide bonds. The average molecular weight is 166 g/mol. The van der Waals surface area contributed by atoms with E-state index in [-0.39, 0.29) is 11.7 Å². The zero-order valence-corrected chi connectivity index (χ0v) is 7.16. The predicted octanol–water partition coefficient (Wildman–Crippen LogP) is 1.58. The Labute approximate surface area is 72.3 Å². The SMILES string of the molecule is O=CC1CC2CCCC2CC1=O. The van der Waals surface area contributed by atoms with Crippen molar-refractivity contribution in [2.45, 2.75) is 32.1 Å². The molecule has 2 saturated carbocycles. The highest BCUT2D eigenvalue weighted by Crippen LogP contribution is 2.42. The molecule has 0 aromatic heterocycles. The van der Waals surface area contributed by atoms with Crippen molar-refractivity contribution in [1.82, 2.24) is 0 Å². The molecule has 0 N–H and O–H groups in total. The van der Waals surface area contributed by atoms with Gasteiger partial charge in [-0.1, -0.05) is 12.8 Å². The standard InChI is InChI=1S/C10H14O2/c11-6-9-4-7-2-1-3-8(7)5-10(9)12/h6-9H,1-5H2. The maximum Gasteiger partial charge on any atom is 0.143 e. The van der Waals surface area contributed by atoms with E-state index in [4.69, 9.17) is 0 Å². The number of fused-ring (bicyclic) bond motifs is 1. The highest BCUT2D eigenvalue weighted by molar-refractivity contribution is 5.94. The zero-order valence-electron chi connectivity index (χ0n) is 7.16. The van der Waals surface area contributed by atoms with E-state index in [9.17, 15) is 9.59 Å². The lowest BCUT2D eigenvalue weighted by molar-refractivity contribution is -0.131. The molecule has 0 aliphatic heterocycles. The summed E-state index contributed by atoms with van der Waals surface area (Å²) in [6.07, 6.45) is 6.07. The van der Waals surface area contributed by atoms with E-state index in [1.807, 2.05) is 0 Å². The van der Waals surface area contributed by atoms with E-state index in [2.05, 4.69) is 0 Å². The summed E-state index contributed by atoms with van der Waals surface area (Å²) in [5.41, 5.74) is 0. The van der Waals surface area contributed by atoms with Gasteiger partial charge in [-0.15, -0.1) is 0 Å². The Morgan fingerprint density at radius 3 is 2.75 bits per heavy atom. The van der Waals surface area contributed by atoms with Gasteiger partial charge in [-0.25, -0.2) is 0 Å². The van der Waals surface area contributed by atoms with Crippen LogP contribution in [-0.2, 0) is 9.59 Å². The average Bonchev–Trinajstić information content (AvgIpc) is 2.49. The second kappa shape index (κ2) is 3.00. The van der Waals surface area contributed by atoms with Crippen molar-refractivity contribution in [1.29, 1.82) is 0 Å². The number of Topliss-reactive ketones (excluding diaryl/α,β-unsaturated/α-hetero) is 1. The van der Waals surface area contributed by atoms with Crippen molar-refractivity contribution >= 4 is 12.1 Å². The number of hydrogen-bond acceptors (Lipinski definition) is 2. The summed E-state index contributed by atoms with van der Waals surface area (Å²) in [6, 6.07) is 0. The summed E-state index contributed by atoms with van der Waals surface area (Å²) in [5.74, 6) is 1.23. The summed E-state index contributed by atoms with van der Waals surface area (Å²) < 4.78 is 0. The van der Waals surface area contributed by atoms with Crippen molar-refractivity contribution in [2.24, 2.45) is 17.8 Å². The molecule has 66 valence electrons. The Hall–Kier alpha value is -0.660. The van der Waals surface area contributed by atoms with Crippen LogP contribution in [0.25, 0.3) is 0 Å². The van der Waals surface area contributed by atoms with Gasteiger partial charge >= 0.3 is 0 Å². The monoisotopic (exact) mass is 166 g/mol. The molecule has 2 nitrogen and oxygen atoms in total. The summed E-state index contributed by atoms with van der Waals surface area (Å²) in [5, 5.41) is 0. The molecule has 3 unspecified atom stereocenters. The molecule has 2 aliphatic rings. The summed E-state index contributed by atoms with van der Waals surface area (Å²) >= 11 is 0. The maximum atomic E-state index is 11.3. The van der Waals surface area contributed by atoms with Gasteiger partial charge in [0.25, 0.3) is 0 Å². The number of carbonyl (C=O) groups is 2. The largest absolute Gasteiger partial charge is 0.303 e. The molecule has 12 heavy (non-hydrogen) atoms. The van der Waals surface area contributed by atoms with Crippen LogP contribution in [0.1, 0.15) is 32.1 Å². The number of hydrogen-bond donors (Lipinski definition) is 0. The van der Waals surface area contributed by atoms with Crippen LogP contribution < -0.4 is 0 Å².